The van der Waals surface area contributed by atoms with Crippen LogP contribution in [0.4, 0.5) is 5.82 Å². The van der Waals surface area contributed by atoms with Crippen LogP contribution < -0.4 is 5.32 Å². The number of hydrogen-bond acceptors (Lipinski definition) is 3. The van der Waals surface area contributed by atoms with Gasteiger partial charge < -0.3 is 9.84 Å². The second-order valence-corrected chi connectivity index (χ2v) is 5.80. The van der Waals surface area contributed by atoms with E-state index in [2.05, 4.69) is 31.2 Å². The lowest BCUT2D eigenvalue weighted by Gasteiger charge is -2.12. The SMILES string of the molecule is CC(C)(C)c1cc(NC(=O)C2CCCC2)no1. The Kier molecular flexibility index (Phi) is 3.22. The Balaban J connectivity index is 1.99. The third-order valence-corrected chi connectivity index (χ3v) is 3.23. The summed E-state index contributed by atoms with van der Waals surface area (Å²) in [5, 5.41) is 6.72. The minimum absolute atomic E-state index is 0.0799. The molecule has 0 saturated heterocycles. The molecule has 17 heavy (non-hydrogen) atoms. The van der Waals surface area contributed by atoms with E-state index in [0.717, 1.165) is 31.4 Å². The lowest BCUT2D eigenvalue weighted by molar-refractivity contribution is -0.119. The van der Waals surface area contributed by atoms with Gasteiger partial charge in [0.15, 0.2) is 5.82 Å². The Hall–Kier alpha value is -1.32. The van der Waals surface area contributed by atoms with E-state index in [0.29, 0.717) is 5.82 Å². The normalized spacial score (nSPS) is 17.4. The fourth-order valence-electron chi connectivity index (χ4n) is 2.10. The molecule has 0 aromatic carbocycles. The van der Waals surface area contributed by atoms with Crippen LogP contribution in [0.3, 0.4) is 0 Å². The molecular formula is C13H20N2O2. The van der Waals surface area contributed by atoms with Crippen molar-refractivity contribution in [2.45, 2.75) is 51.9 Å². The van der Waals surface area contributed by atoms with Crippen molar-refractivity contribution in [2.24, 2.45) is 5.92 Å². The van der Waals surface area contributed by atoms with Gasteiger partial charge in [-0.1, -0.05) is 38.8 Å². The molecule has 0 aliphatic heterocycles. The van der Waals surface area contributed by atoms with Gasteiger partial charge in [-0.25, -0.2) is 0 Å². The van der Waals surface area contributed by atoms with Crippen LogP contribution >= 0.6 is 0 Å². The van der Waals surface area contributed by atoms with E-state index in [1.165, 1.54) is 0 Å². The lowest BCUT2D eigenvalue weighted by Crippen LogP contribution is -2.20. The average molecular weight is 236 g/mol. The third kappa shape index (κ3) is 2.87. The van der Waals surface area contributed by atoms with Crippen molar-refractivity contribution in [3.8, 4) is 0 Å². The molecule has 0 bridgehead atoms. The zero-order valence-corrected chi connectivity index (χ0v) is 10.7. The summed E-state index contributed by atoms with van der Waals surface area (Å²) in [4.78, 5) is 11.9. The summed E-state index contributed by atoms with van der Waals surface area (Å²) in [6, 6.07) is 1.81. The second kappa shape index (κ2) is 4.51. The van der Waals surface area contributed by atoms with Gasteiger partial charge in [-0.2, -0.15) is 0 Å². The minimum Gasteiger partial charge on any atom is -0.359 e. The van der Waals surface area contributed by atoms with Crippen LogP contribution in [0, 0.1) is 5.92 Å². The first-order chi connectivity index (χ1) is 7.97. The van der Waals surface area contributed by atoms with Gasteiger partial charge in [-0.05, 0) is 12.8 Å². The maximum atomic E-state index is 11.9. The monoisotopic (exact) mass is 236 g/mol. The van der Waals surface area contributed by atoms with E-state index in [1.807, 2.05) is 6.07 Å². The Bertz CT molecular complexity index is 398. The molecule has 0 radical (unpaired) electrons. The summed E-state index contributed by atoms with van der Waals surface area (Å²) < 4.78 is 5.23. The molecule has 0 unspecified atom stereocenters. The van der Waals surface area contributed by atoms with Crippen LogP contribution in [-0.4, -0.2) is 11.1 Å². The average Bonchev–Trinajstić information content (AvgIpc) is 2.85. The highest BCUT2D eigenvalue weighted by Gasteiger charge is 2.25. The first-order valence-corrected chi connectivity index (χ1v) is 6.25. The number of rotatable bonds is 2. The van der Waals surface area contributed by atoms with E-state index in [1.54, 1.807) is 0 Å². The van der Waals surface area contributed by atoms with Gasteiger partial charge in [0.25, 0.3) is 0 Å². The van der Waals surface area contributed by atoms with Crippen molar-refractivity contribution in [1.82, 2.24) is 5.16 Å². The molecule has 1 aliphatic rings. The highest BCUT2D eigenvalue weighted by molar-refractivity contribution is 5.91. The molecule has 1 aliphatic carbocycles. The van der Waals surface area contributed by atoms with Gasteiger partial charge in [0.2, 0.25) is 5.91 Å². The fraction of sp³-hybridized carbons (Fsp3) is 0.692. The first kappa shape index (κ1) is 12.1. The Morgan fingerprint density at radius 2 is 2.06 bits per heavy atom. The summed E-state index contributed by atoms with van der Waals surface area (Å²) in [5.41, 5.74) is -0.0800. The van der Waals surface area contributed by atoms with Crippen molar-refractivity contribution in [2.75, 3.05) is 5.32 Å². The maximum absolute atomic E-state index is 11.9. The quantitative estimate of drug-likeness (QED) is 0.858. The Morgan fingerprint density at radius 1 is 1.41 bits per heavy atom. The van der Waals surface area contributed by atoms with Crippen LogP contribution in [0.15, 0.2) is 10.6 Å². The molecule has 1 heterocycles. The Morgan fingerprint density at radius 3 is 2.59 bits per heavy atom. The number of amides is 1. The summed E-state index contributed by atoms with van der Waals surface area (Å²) >= 11 is 0. The number of carbonyl (C=O) groups is 1. The topological polar surface area (TPSA) is 55.1 Å². The molecule has 1 aromatic heterocycles. The maximum Gasteiger partial charge on any atom is 0.228 e. The molecule has 1 amide bonds. The molecule has 1 fully saturated rings. The summed E-state index contributed by atoms with van der Waals surface area (Å²) in [7, 11) is 0. The molecule has 2 rings (SSSR count). The lowest BCUT2D eigenvalue weighted by atomic mass is 9.93. The van der Waals surface area contributed by atoms with Gasteiger partial charge in [0, 0.05) is 17.4 Å². The number of nitrogens with one attached hydrogen (secondary N) is 1. The van der Waals surface area contributed by atoms with E-state index < -0.39 is 0 Å². The van der Waals surface area contributed by atoms with Crippen LogP contribution in [0.5, 0.6) is 0 Å². The van der Waals surface area contributed by atoms with Crippen LogP contribution in [-0.2, 0) is 10.2 Å². The fourth-order valence-corrected chi connectivity index (χ4v) is 2.10. The second-order valence-electron chi connectivity index (χ2n) is 5.80. The van der Waals surface area contributed by atoms with Gasteiger partial charge >= 0.3 is 0 Å². The number of carbonyl (C=O) groups excluding carboxylic acids is 1. The van der Waals surface area contributed by atoms with Gasteiger partial charge in [0.05, 0.1) is 0 Å². The number of nitrogens with zero attached hydrogens (tertiary/aromatic N) is 1. The van der Waals surface area contributed by atoms with E-state index in [4.69, 9.17) is 4.52 Å². The first-order valence-electron chi connectivity index (χ1n) is 6.25. The van der Waals surface area contributed by atoms with Crippen molar-refractivity contribution in [3.63, 3.8) is 0 Å². The van der Waals surface area contributed by atoms with Gasteiger partial charge in [-0.3, -0.25) is 4.79 Å². The highest BCUT2D eigenvalue weighted by Crippen LogP contribution is 2.27. The predicted octanol–water partition coefficient (Wildman–Crippen LogP) is 3.10. The van der Waals surface area contributed by atoms with Crippen molar-refractivity contribution < 1.29 is 9.32 Å². The largest absolute Gasteiger partial charge is 0.359 e. The molecule has 0 atom stereocenters. The van der Waals surface area contributed by atoms with Crippen LogP contribution in [0.2, 0.25) is 0 Å². The summed E-state index contributed by atoms with van der Waals surface area (Å²) in [6.45, 7) is 6.16. The number of hydrogen-bond donors (Lipinski definition) is 1. The van der Waals surface area contributed by atoms with Crippen molar-refractivity contribution in [1.29, 1.82) is 0 Å². The highest BCUT2D eigenvalue weighted by atomic mass is 16.5. The molecular weight excluding hydrogens is 216 g/mol. The smallest absolute Gasteiger partial charge is 0.228 e. The molecule has 4 heteroatoms. The molecule has 94 valence electrons. The molecule has 4 nitrogen and oxygen atoms in total. The van der Waals surface area contributed by atoms with Gasteiger partial charge in [0.1, 0.15) is 5.76 Å². The van der Waals surface area contributed by atoms with E-state index in [9.17, 15) is 4.79 Å². The molecule has 1 aromatic rings. The summed E-state index contributed by atoms with van der Waals surface area (Å²) in [6.07, 6.45) is 4.31. The number of aromatic nitrogens is 1. The van der Waals surface area contributed by atoms with Gasteiger partial charge in [-0.15, -0.1) is 0 Å². The zero-order chi connectivity index (χ0) is 12.5. The summed E-state index contributed by atoms with van der Waals surface area (Å²) in [5.74, 6) is 1.56. The zero-order valence-electron chi connectivity index (χ0n) is 10.7. The van der Waals surface area contributed by atoms with Crippen LogP contribution in [0.1, 0.15) is 52.2 Å². The predicted molar refractivity (Wildman–Crippen MR) is 65.8 cm³/mol. The Labute approximate surface area is 102 Å². The standard InChI is InChI=1S/C13H20N2O2/c1-13(2,3)10-8-11(15-17-10)14-12(16)9-6-4-5-7-9/h8-9H,4-7H2,1-3H3,(H,14,15,16). The van der Waals surface area contributed by atoms with Crippen molar-refractivity contribution in [3.05, 3.63) is 11.8 Å². The molecule has 0 spiro atoms. The number of anilines is 1. The van der Waals surface area contributed by atoms with Crippen LogP contribution in [0.25, 0.3) is 0 Å². The minimum atomic E-state index is -0.0800. The molecule has 1 saturated carbocycles. The molecule has 1 N–H and O–H groups in total. The van der Waals surface area contributed by atoms with E-state index >= 15 is 0 Å². The van der Waals surface area contributed by atoms with E-state index in [-0.39, 0.29) is 17.2 Å². The van der Waals surface area contributed by atoms with Crippen molar-refractivity contribution >= 4 is 11.7 Å². The third-order valence-electron chi connectivity index (χ3n) is 3.23.